The first-order valence-electron chi connectivity index (χ1n) is 4.76. The van der Waals surface area contributed by atoms with Crippen LogP contribution in [0.25, 0.3) is 0 Å². The summed E-state index contributed by atoms with van der Waals surface area (Å²) in [5.74, 6) is 0.153. The number of nitrogens with one attached hydrogen (secondary N) is 1. The molecule has 1 fully saturated rings. The van der Waals surface area contributed by atoms with Crippen molar-refractivity contribution in [2.45, 2.75) is 37.8 Å². The van der Waals surface area contributed by atoms with E-state index >= 15 is 0 Å². The fourth-order valence-electron chi connectivity index (χ4n) is 2.08. The zero-order chi connectivity index (χ0) is 11.3. The molecule has 2 rings (SSSR count). The standard InChI is InChI=1S/C9H12F3N3/c1-5-6(14-15-7(5)13)8(3-2-4-8)9(10,11)12/h2-4H2,1H3,(H3,13,14,15). The summed E-state index contributed by atoms with van der Waals surface area (Å²) >= 11 is 0. The van der Waals surface area contributed by atoms with E-state index in [-0.39, 0.29) is 24.4 Å². The highest BCUT2D eigenvalue weighted by molar-refractivity contribution is 5.45. The van der Waals surface area contributed by atoms with Crippen LogP contribution >= 0.6 is 0 Å². The van der Waals surface area contributed by atoms with Crippen molar-refractivity contribution in [2.75, 3.05) is 5.73 Å². The first-order chi connectivity index (χ1) is 6.88. The van der Waals surface area contributed by atoms with E-state index in [4.69, 9.17) is 5.73 Å². The van der Waals surface area contributed by atoms with E-state index in [9.17, 15) is 13.2 Å². The summed E-state index contributed by atoms with van der Waals surface area (Å²) in [6.07, 6.45) is -3.38. The summed E-state index contributed by atoms with van der Waals surface area (Å²) in [6.45, 7) is 1.57. The first kappa shape index (κ1) is 10.3. The molecular formula is C9H12F3N3. The van der Waals surface area contributed by atoms with E-state index in [0.29, 0.717) is 12.0 Å². The Morgan fingerprint density at radius 2 is 2.00 bits per heavy atom. The largest absolute Gasteiger partial charge is 0.399 e. The van der Waals surface area contributed by atoms with E-state index in [1.807, 2.05) is 0 Å². The lowest BCUT2D eigenvalue weighted by molar-refractivity contribution is -0.214. The highest BCUT2D eigenvalue weighted by Crippen LogP contribution is 2.54. The number of hydrogen-bond donors (Lipinski definition) is 2. The average Bonchev–Trinajstić information content (AvgIpc) is 2.31. The molecule has 1 heterocycles. The van der Waals surface area contributed by atoms with Crippen molar-refractivity contribution in [3.8, 4) is 0 Å². The van der Waals surface area contributed by atoms with Crippen LogP contribution in [0.4, 0.5) is 19.0 Å². The number of halogens is 3. The van der Waals surface area contributed by atoms with Gasteiger partial charge in [-0.1, -0.05) is 6.42 Å². The number of nitrogens with two attached hydrogens (primary N) is 1. The highest BCUT2D eigenvalue weighted by Gasteiger charge is 2.60. The number of nitrogens with zero attached hydrogens (tertiary/aromatic N) is 1. The maximum Gasteiger partial charge on any atom is 0.399 e. The van der Waals surface area contributed by atoms with Gasteiger partial charge in [-0.3, -0.25) is 5.10 Å². The van der Waals surface area contributed by atoms with Crippen LogP contribution in [0.3, 0.4) is 0 Å². The van der Waals surface area contributed by atoms with Crippen LogP contribution in [0.5, 0.6) is 0 Å². The van der Waals surface area contributed by atoms with Crippen LogP contribution in [0, 0.1) is 6.92 Å². The van der Waals surface area contributed by atoms with Gasteiger partial charge in [0.15, 0.2) is 0 Å². The first-order valence-corrected chi connectivity index (χ1v) is 4.76. The molecule has 1 aliphatic carbocycles. The molecule has 0 amide bonds. The van der Waals surface area contributed by atoms with Gasteiger partial charge in [-0.25, -0.2) is 0 Å². The lowest BCUT2D eigenvalue weighted by atomic mass is 9.65. The van der Waals surface area contributed by atoms with Gasteiger partial charge < -0.3 is 5.73 Å². The lowest BCUT2D eigenvalue weighted by Crippen LogP contribution is -2.48. The molecule has 3 nitrogen and oxygen atoms in total. The van der Waals surface area contributed by atoms with E-state index in [1.54, 1.807) is 6.92 Å². The molecule has 15 heavy (non-hydrogen) atoms. The van der Waals surface area contributed by atoms with Crippen molar-refractivity contribution in [3.63, 3.8) is 0 Å². The quantitative estimate of drug-likeness (QED) is 0.761. The third kappa shape index (κ3) is 1.23. The molecule has 0 radical (unpaired) electrons. The molecule has 1 saturated carbocycles. The van der Waals surface area contributed by atoms with Gasteiger partial charge >= 0.3 is 6.18 Å². The zero-order valence-corrected chi connectivity index (χ0v) is 8.28. The Morgan fingerprint density at radius 1 is 1.40 bits per heavy atom. The molecule has 84 valence electrons. The molecule has 0 bridgehead atoms. The van der Waals surface area contributed by atoms with Gasteiger partial charge in [0.2, 0.25) is 0 Å². The SMILES string of the molecule is Cc1c(N)n[nH]c1C1(C(F)(F)F)CCC1. The minimum absolute atomic E-state index is 0.124. The maximum atomic E-state index is 12.9. The van der Waals surface area contributed by atoms with Crippen LogP contribution < -0.4 is 5.73 Å². The minimum Gasteiger partial charge on any atom is -0.382 e. The monoisotopic (exact) mass is 219 g/mol. The van der Waals surface area contributed by atoms with E-state index < -0.39 is 11.6 Å². The Morgan fingerprint density at radius 3 is 2.27 bits per heavy atom. The summed E-state index contributed by atoms with van der Waals surface area (Å²) in [7, 11) is 0. The molecule has 1 aromatic rings. The Bertz CT molecular complexity index is 376. The van der Waals surface area contributed by atoms with Gasteiger partial charge in [-0.05, 0) is 19.8 Å². The molecule has 0 spiro atoms. The van der Waals surface area contributed by atoms with E-state index in [0.717, 1.165) is 0 Å². The van der Waals surface area contributed by atoms with Crippen molar-refractivity contribution in [3.05, 3.63) is 11.3 Å². The van der Waals surface area contributed by atoms with Gasteiger partial charge in [0.05, 0.1) is 5.69 Å². The van der Waals surface area contributed by atoms with Gasteiger partial charge in [0.25, 0.3) is 0 Å². The lowest BCUT2D eigenvalue weighted by Gasteiger charge is -2.42. The second-order valence-electron chi connectivity index (χ2n) is 4.04. The zero-order valence-electron chi connectivity index (χ0n) is 8.28. The minimum atomic E-state index is -4.23. The molecule has 3 N–H and O–H groups in total. The molecule has 0 aliphatic heterocycles. The summed E-state index contributed by atoms with van der Waals surface area (Å²) < 4.78 is 38.8. The Hall–Kier alpha value is -1.20. The topological polar surface area (TPSA) is 54.7 Å². The number of anilines is 1. The predicted octanol–water partition coefficient (Wildman–Crippen LogP) is 2.28. The Kier molecular flexibility index (Phi) is 1.99. The van der Waals surface area contributed by atoms with Gasteiger partial charge in [-0.2, -0.15) is 18.3 Å². The van der Waals surface area contributed by atoms with Crippen LogP contribution in [0.15, 0.2) is 0 Å². The van der Waals surface area contributed by atoms with Crippen molar-refractivity contribution in [1.29, 1.82) is 0 Å². The maximum absolute atomic E-state index is 12.9. The average molecular weight is 219 g/mol. The smallest absolute Gasteiger partial charge is 0.382 e. The summed E-state index contributed by atoms with van der Waals surface area (Å²) in [6, 6.07) is 0. The summed E-state index contributed by atoms with van der Waals surface area (Å²) in [5.41, 5.74) is 4.28. The van der Waals surface area contributed by atoms with Crippen LogP contribution in [0.2, 0.25) is 0 Å². The molecule has 1 aliphatic rings. The normalized spacial score (nSPS) is 20.0. The van der Waals surface area contributed by atoms with Crippen LogP contribution in [0.1, 0.15) is 30.5 Å². The van der Waals surface area contributed by atoms with E-state index in [1.165, 1.54) is 0 Å². The van der Waals surface area contributed by atoms with Crippen molar-refractivity contribution in [1.82, 2.24) is 10.2 Å². The third-order valence-electron chi connectivity index (χ3n) is 3.28. The number of rotatable bonds is 1. The van der Waals surface area contributed by atoms with Crippen LogP contribution in [-0.2, 0) is 5.41 Å². The van der Waals surface area contributed by atoms with Crippen LogP contribution in [-0.4, -0.2) is 16.4 Å². The third-order valence-corrected chi connectivity index (χ3v) is 3.28. The second kappa shape index (κ2) is 2.90. The van der Waals surface area contributed by atoms with Gasteiger partial charge in [0, 0.05) is 5.56 Å². The van der Waals surface area contributed by atoms with E-state index in [2.05, 4.69) is 10.2 Å². The molecular weight excluding hydrogens is 207 g/mol. The molecule has 0 aromatic carbocycles. The number of hydrogen-bond acceptors (Lipinski definition) is 2. The summed E-state index contributed by atoms with van der Waals surface area (Å²) in [5, 5.41) is 6.06. The van der Waals surface area contributed by atoms with Crippen molar-refractivity contribution in [2.24, 2.45) is 0 Å². The number of H-pyrrole nitrogens is 1. The predicted molar refractivity (Wildman–Crippen MR) is 49.3 cm³/mol. The fourth-order valence-corrected chi connectivity index (χ4v) is 2.08. The number of alkyl halides is 3. The molecule has 0 atom stereocenters. The number of aromatic amines is 1. The van der Waals surface area contributed by atoms with Gasteiger partial charge in [-0.15, -0.1) is 0 Å². The highest BCUT2D eigenvalue weighted by atomic mass is 19.4. The molecule has 1 aromatic heterocycles. The number of nitrogen functional groups attached to an aromatic ring is 1. The number of aromatic nitrogens is 2. The molecule has 0 unspecified atom stereocenters. The fraction of sp³-hybridized carbons (Fsp3) is 0.667. The Balaban J connectivity index is 2.48. The molecule has 6 heteroatoms. The molecule has 0 saturated heterocycles. The van der Waals surface area contributed by atoms with Crippen molar-refractivity contribution >= 4 is 5.82 Å². The second-order valence-corrected chi connectivity index (χ2v) is 4.04. The van der Waals surface area contributed by atoms with Gasteiger partial charge in [0.1, 0.15) is 11.2 Å². The Labute approximate surface area is 84.8 Å². The van der Waals surface area contributed by atoms with Crippen molar-refractivity contribution < 1.29 is 13.2 Å². The summed E-state index contributed by atoms with van der Waals surface area (Å²) in [4.78, 5) is 0.